The fourth-order valence-electron chi connectivity index (χ4n) is 2.60. The maximum atomic E-state index is 12.5. The van der Waals surface area contributed by atoms with Gasteiger partial charge in [0.05, 0.1) is 22.5 Å². The van der Waals surface area contributed by atoms with E-state index in [1.807, 2.05) is 42.5 Å². The number of thiocarbonyl (C=S) groups is 1. The average Bonchev–Trinajstić information content (AvgIpc) is 3.00. The first-order valence-electron chi connectivity index (χ1n) is 7.15. The minimum absolute atomic E-state index is 0.00652. The number of thioether (sulfide) groups is 1. The molecule has 120 valence electrons. The normalized spacial score (nSPS) is 25.8. The molecule has 2 aliphatic rings. The van der Waals surface area contributed by atoms with Crippen LogP contribution in [0.15, 0.2) is 47.4 Å². The first kappa shape index (κ1) is 16.4. The molecular weight excluding hydrogens is 350 g/mol. The lowest BCUT2D eigenvalue weighted by Gasteiger charge is -2.20. The molecule has 0 aliphatic carbocycles. The molecule has 1 aromatic carbocycles. The molecule has 3 rings (SSSR count). The molecule has 0 spiro atoms. The molecule has 23 heavy (non-hydrogen) atoms. The van der Waals surface area contributed by atoms with Crippen molar-refractivity contribution in [1.82, 2.24) is 4.90 Å². The van der Waals surface area contributed by atoms with E-state index in [1.54, 1.807) is 6.08 Å². The molecule has 0 bridgehead atoms. The molecule has 4 nitrogen and oxygen atoms in total. The minimum atomic E-state index is -3.05. The summed E-state index contributed by atoms with van der Waals surface area (Å²) in [5, 5.41) is 0. The summed E-state index contributed by atoms with van der Waals surface area (Å²) in [6.45, 7) is 0. The third-order valence-corrected chi connectivity index (χ3v) is 6.83. The van der Waals surface area contributed by atoms with Gasteiger partial charge in [0.25, 0.3) is 5.91 Å². The molecule has 0 aromatic heterocycles. The maximum absolute atomic E-state index is 12.5. The Morgan fingerprint density at radius 3 is 2.65 bits per heavy atom. The van der Waals surface area contributed by atoms with E-state index in [-0.39, 0.29) is 23.5 Å². The van der Waals surface area contributed by atoms with Gasteiger partial charge < -0.3 is 0 Å². The van der Waals surface area contributed by atoms with Gasteiger partial charge in [0.1, 0.15) is 4.32 Å². The predicted molar refractivity (Wildman–Crippen MR) is 97.7 cm³/mol. The molecule has 7 heteroatoms. The summed E-state index contributed by atoms with van der Waals surface area (Å²) in [5.74, 6) is -0.0614. The highest BCUT2D eigenvalue weighted by molar-refractivity contribution is 8.26. The molecule has 2 heterocycles. The van der Waals surface area contributed by atoms with Crippen LogP contribution in [-0.2, 0) is 14.6 Å². The Hall–Kier alpha value is -1.44. The fourth-order valence-corrected chi connectivity index (χ4v) is 5.65. The number of nitrogens with zero attached hydrogens (tertiary/aromatic N) is 1. The van der Waals surface area contributed by atoms with Crippen LogP contribution < -0.4 is 0 Å². The highest BCUT2D eigenvalue weighted by Crippen LogP contribution is 2.35. The summed E-state index contributed by atoms with van der Waals surface area (Å²) in [4.78, 5) is 14.5. The molecule has 0 saturated carbocycles. The Kier molecular flexibility index (Phi) is 4.70. The summed E-state index contributed by atoms with van der Waals surface area (Å²) in [7, 11) is -3.05. The van der Waals surface area contributed by atoms with E-state index in [9.17, 15) is 13.2 Å². The van der Waals surface area contributed by atoms with Gasteiger partial charge in [-0.05, 0) is 18.1 Å². The largest absolute Gasteiger partial charge is 0.289 e. The van der Waals surface area contributed by atoms with Crippen molar-refractivity contribution in [3.05, 3.63) is 53.0 Å². The van der Waals surface area contributed by atoms with Gasteiger partial charge in [-0.1, -0.05) is 66.5 Å². The number of hydrogen-bond acceptors (Lipinski definition) is 5. The SMILES string of the molecule is O=C1/C(=C/C=C\c2ccccc2)SC(=S)N1[C@@H]1CCS(=O)(=O)C1. The van der Waals surface area contributed by atoms with Crippen molar-refractivity contribution in [3.8, 4) is 0 Å². The highest BCUT2D eigenvalue weighted by Gasteiger charge is 2.41. The lowest BCUT2D eigenvalue weighted by Crippen LogP contribution is -2.39. The van der Waals surface area contributed by atoms with Gasteiger partial charge in [0.2, 0.25) is 0 Å². The number of rotatable bonds is 3. The van der Waals surface area contributed by atoms with Crippen LogP contribution in [0.1, 0.15) is 12.0 Å². The maximum Gasteiger partial charge on any atom is 0.266 e. The monoisotopic (exact) mass is 365 g/mol. The van der Waals surface area contributed by atoms with Gasteiger partial charge in [-0.2, -0.15) is 0 Å². The zero-order chi connectivity index (χ0) is 16.4. The number of carbonyl (C=O) groups excluding carboxylic acids is 1. The summed E-state index contributed by atoms with van der Waals surface area (Å²) < 4.78 is 23.7. The molecule has 0 N–H and O–H groups in total. The second-order valence-corrected chi connectivity index (χ2v) is 9.31. The minimum Gasteiger partial charge on any atom is -0.289 e. The van der Waals surface area contributed by atoms with Gasteiger partial charge in [0, 0.05) is 0 Å². The quantitative estimate of drug-likeness (QED) is 0.609. The number of sulfone groups is 1. The van der Waals surface area contributed by atoms with Gasteiger partial charge in [0.15, 0.2) is 9.84 Å². The van der Waals surface area contributed by atoms with Crippen LogP contribution >= 0.6 is 24.0 Å². The molecule has 2 fully saturated rings. The van der Waals surface area contributed by atoms with E-state index in [1.165, 1.54) is 16.7 Å². The lowest BCUT2D eigenvalue weighted by molar-refractivity contribution is -0.123. The number of benzene rings is 1. The molecule has 2 aliphatic heterocycles. The van der Waals surface area contributed by atoms with Crippen LogP contribution in [0, 0.1) is 0 Å². The first-order chi connectivity index (χ1) is 11.0. The smallest absolute Gasteiger partial charge is 0.266 e. The zero-order valence-electron chi connectivity index (χ0n) is 12.2. The van der Waals surface area contributed by atoms with Gasteiger partial charge in [-0.15, -0.1) is 0 Å². The Bertz CT molecular complexity index is 797. The van der Waals surface area contributed by atoms with Gasteiger partial charge in [-0.25, -0.2) is 8.42 Å². The van der Waals surface area contributed by atoms with Gasteiger partial charge >= 0.3 is 0 Å². The number of amides is 1. The molecule has 1 amide bonds. The van der Waals surface area contributed by atoms with Crippen LogP contribution in [0.3, 0.4) is 0 Å². The Labute approximate surface area is 145 Å². The number of hydrogen-bond donors (Lipinski definition) is 0. The lowest BCUT2D eigenvalue weighted by atomic mass is 10.2. The topological polar surface area (TPSA) is 54.5 Å². The van der Waals surface area contributed by atoms with Crippen molar-refractivity contribution in [1.29, 1.82) is 0 Å². The van der Waals surface area contributed by atoms with Crippen molar-refractivity contribution in [2.75, 3.05) is 11.5 Å². The highest BCUT2D eigenvalue weighted by atomic mass is 32.2. The summed E-state index contributed by atoms with van der Waals surface area (Å²) in [6, 6.07) is 9.45. The molecule has 1 aromatic rings. The van der Waals surface area contributed by atoms with E-state index in [4.69, 9.17) is 12.2 Å². The van der Waals surface area contributed by atoms with E-state index in [0.29, 0.717) is 15.6 Å². The fraction of sp³-hybridized carbons (Fsp3) is 0.250. The number of allylic oxidation sites excluding steroid dienone is 2. The van der Waals surface area contributed by atoms with Crippen LogP contribution in [0.5, 0.6) is 0 Å². The summed E-state index contributed by atoms with van der Waals surface area (Å²) >= 11 is 6.49. The molecule has 2 saturated heterocycles. The van der Waals surface area contributed by atoms with Crippen molar-refractivity contribution in [2.45, 2.75) is 12.5 Å². The third kappa shape index (κ3) is 3.73. The van der Waals surface area contributed by atoms with Crippen molar-refractivity contribution in [2.24, 2.45) is 0 Å². The predicted octanol–water partition coefficient (Wildman–Crippen LogP) is 2.63. The second kappa shape index (κ2) is 6.59. The standard InChI is InChI=1S/C16H15NO3S3/c18-15-14(8-4-7-12-5-2-1-3-6-12)22-16(21)17(15)13-9-10-23(19,20)11-13/h1-8,13H,9-11H2/b7-4-,14-8-/t13-/m1/s1. The van der Waals surface area contributed by atoms with Crippen LogP contribution in [0.2, 0.25) is 0 Å². The molecule has 0 radical (unpaired) electrons. The zero-order valence-corrected chi connectivity index (χ0v) is 14.7. The van der Waals surface area contributed by atoms with Crippen molar-refractivity contribution >= 4 is 50.1 Å². The second-order valence-electron chi connectivity index (χ2n) is 5.40. The van der Waals surface area contributed by atoms with Crippen LogP contribution in [-0.4, -0.2) is 41.1 Å². The number of carbonyl (C=O) groups is 1. The summed E-state index contributed by atoms with van der Waals surface area (Å²) in [6.07, 6.45) is 5.91. The third-order valence-electron chi connectivity index (χ3n) is 3.73. The molecule has 1 atom stereocenters. The Balaban J connectivity index is 1.74. The average molecular weight is 366 g/mol. The Morgan fingerprint density at radius 2 is 2.00 bits per heavy atom. The van der Waals surface area contributed by atoms with Crippen molar-refractivity contribution in [3.63, 3.8) is 0 Å². The van der Waals surface area contributed by atoms with Crippen LogP contribution in [0.4, 0.5) is 0 Å². The van der Waals surface area contributed by atoms with E-state index in [2.05, 4.69) is 0 Å². The van der Waals surface area contributed by atoms with E-state index >= 15 is 0 Å². The van der Waals surface area contributed by atoms with Gasteiger partial charge in [-0.3, -0.25) is 9.69 Å². The van der Waals surface area contributed by atoms with Crippen molar-refractivity contribution < 1.29 is 13.2 Å². The Morgan fingerprint density at radius 1 is 1.26 bits per heavy atom. The van der Waals surface area contributed by atoms with Crippen LogP contribution in [0.25, 0.3) is 6.08 Å². The summed E-state index contributed by atoms with van der Waals surface area (Å²) in [5.41, 5.74) is 1.04. The van der Waals surface area contributed by atoms with E-state index in [0.717, 1.165) is 5.56 Å². The molecular formula is C16H15NO3S3. The first-order valence-corrected chi connectivity index (χ1v) is 10.2. The van der Waals surface area contributed by atoms with E-state index < -0.39 is 9.84 Å². The molecule has 0 unspecified atom stereocenters.